The Morgan fingerprint density at radius 2 is 1.92 bits per heavy atom. The zero-order chi connectivity index (χ0) is 17.1. The molecule has 0 spiro atoms. The Bertz CT molecular complexity index is 858. The van der Waals surface area contributed by atoms with Gasteiger partial charge < -0.3 is 14.5 Å². The fourth-order valence-corrected chi connectivity index (χ4v) is 2.92. The maximum atomic E-state index is 12.3. The Morgan fingerprint density at radius 3 is 2.72 bits per heavy atom. The van der Waals surface area contributed by atoms with E-state index < -0.39 is 0 Å². The molecule has 1 N–H and O–H groups in total. The van der Waals surface area contributed by atoms with Gasteiger partial charge in [-0.3, -0.25) is 9.89 Å². The van der Waals surface area contributed by atoms with Gasteiger partial charge in [-0.15, -0.1) is 0 Å². The molecule has 1 aliphatic rings. The number of hydrogen-bond donors (Lipinski definition) is 1. The van der Waals surface area contributed by atoms with Crippen LogP contribution in [-0.2, 0) is 4.79 Å². The Labute approximate surface area is 144 Å². The van der Waals surface area contributed by atoms with E-state index in [1.165, 1.54) is 6.33 Å². The number of amides is 1. The number of para-hydroxylation sites is 1. The summed E-state index contributed by atoms with van der Waals surface area (Å²) in [5, 5.41) is 7.77. The molecule has 0 atom stereocenters. The fourth-order valence-electron chi connectivity index (χ4n) is 2.92. The molecule has 1 fully saturated rings. The molecule has 8 heteroatoms. The maximum absolute atomic E-state index is 12.3. The summed E-state index contributed by atoms with van der Waals surface area (Å²) in [7, 11) is 0. The zero-order valence-corrected chi connectivity index (χ0v) is 13.6. The molecular weight excluding hydrogens is 320 g/mol. The number of aromatic nitrogens is 4. The van der Waals surface area contributed by atoms with Crippen molar-refractivity contribution in [3.8, 4) is 5.75 Å². The van der Waals surface area contributed by atoms with E-state index in [1.807, 2.05) is 35.2 Å². The summed E-state index contributed by atoms with van der Waals surface area (Å²) in [6.07, 6.45) is 3.26. The number of ether oxygens (including phenoxy) is 1. The first-order valence-electron chi connectivity index (χ1n) is 8.16. The number of piperazine rings is 1. The van der Waals surface area contributed by atoms with Crippen molar-refractivity contribution in [1.82, 2.24) is 25.1 Å². The van der Waals surface area contributed by atoms with Crippen molar-refractivity contribution in [3.05, 3.63) is 42.9 Å². The lowest BCUT2D eigenvalue weighted by Gasteiger charge is -2.35. The van der Waals surface area contributed by atoms with E-state index in [-0.39, 0.29) is 12.5 Å². The minimum atomic E-state index is -0.000325. The molecule has 0 unspecified atom stereocenters. The van der Waals surface area contributed by atoms with E-state index in [0.29, 0.717) is 31.9 Å². The maximum Gasteiger partial charge on any atom is 0.260 e. The van der Waals surface area contributed by atoms with Crippen molar-refractivity contribution in [1.29, 1.82) is 0 Å². The van der Waals surface area contributed by atoms with E-state index >= 15 is 0 Å². The lowest BCUT2D eigenvalue weighted by atomic mass is 10.2. The van der Waals surface area contributed by atoms with Gasteiger partial charge in [0.2, 0.25) is 0 Å². The number of carbonyl (C=O) groups is 1. The summed E-state index contributed by atoms with van der Waals surface area (Å²) in [5.41, 5.74) is 0.722. The Morgan fingerprint density at radius 1 is 1.12 bits per heavy atom. The summed E-state index contributed by atoms with van der Waals surface area (Å²) in [6, 6.07) is 9.37. The van der Waals surface area contributed by atoms with Crippen LogP contribution in [0.4, 0.5) is 5.82 Å². The van der Waals surface area contributed by atoms with Crippen LogP contribution >= 0.6 is 0 Å². The third kappa shape index (κ3) is 3.23. The number of nitrogens with one attached hydrogen (secondary N) is 1. The molecule has 1 amide bonds. The second-order valence-electron chi connectivity index (χ2n) is 5.80. The molecule has 1 aromatic carbocycles. The first kappa shape index (κ1) is 15.4. The number of rotatable bonds is 4. The van der Waals surface area contributed by atoms with Crippen LogP contribution in [-0.4, -0.2) is 63.8 Å². The number of carbonyl (C=O) groups excluding carboxylic acids is 1. The molecule has 4 rings (SSSR count). The molecule has 25 heavy (non-hydrogen) atoms. The quantitative estimate of drug-likeness (QED) is 0.766. The van der Waals surface area contributed by atoms with Crippen LogP contribution in [0.25, 0.3) is 11.0 Å². The van der Waals surface area contributed by atoms with Gasteiger partial charge in [0.25, 0.3) is 5.91 Å². The van der Waals surface area contributed by atoms with Crippen LogP contribution in [0.2, 0.25) is 0 Å². The molecule has 0 saturated carbocycles. The van der Waals surface area contributed by atoms with Gasteiger partial charge in [0, 0.05) is 26.2 Å². The Kier molecular flexibility index (Phi) is 4.16. The van der Waals surface area contributed by atoms with E-state index in [2.05, 4.69) is 25.1 Å². The highest BCUT2D eigenvalue weighted by atomic mass is 16.5. The summed E-state index contributed by atoms with van der Waals surface area (Å²) in [6.45, 7) is 2.77. The van der Waals surface area contributed by atoms with Crippen molar-refractivity contribution in [3.63, 3.8) is 0 Å². The van der Waals surface area contributed by atoms with Crippen molar-refractivity contribution in [2.24, 2.45) is 0 Å². The summed E-state index contributed by atoms with van der Waals surface area (Å²) in [5.74, 6) is 1.56. The number of benzene rings is 1. The number of anilines is 1. The van der Waals surface area contributed by atoms with Gasteiger partial charge in [0.15, 0.2) is 12.3 Å². The molecular formula is C17H18N6O2. The topological polar surface area (TPSA) is 87.2 Å². The van der Waals surface area contributed by atoms with E-state index in [9.17, 15) is 4.79 Å². The minimum absolute atomic E-state index is 0.000325. The van der Waals surface area contributed by atoms with Crippen LogP contribution in [0, 0.1) is 0 Å². The van der Waals surface area contributed by atoms with Crippen LogP contribution in [0.3, 0.4) is 0 Å². The number of nitrogens with zero attached hydrogens (tertiary/aromatic N) is 5. The molecule has 2 aromatic heterocycles. The lowest BCUT2D eigenvalue weighted by molar-refractivity contribution is -0.133. The number of aromatic amines is 1. The molecule has 8 nitrogen and oxygen atoms in total. The smallest absolute Gasteiger partial charge is 0.260 e. The Balaban J connectivity index is 1.35. The summed E-state index contributed by atoms with van der Waals surface area (Å²) in [4.78, 5) is 24.8. The predicted octanol–water partition coefficient (Wildman–Crippen LogP) is 1.08. The van der Waals surface area contributed by atoms with Crippen molar-refractivity contribution in [2.45, 2.75) is 0 Å². The van der Waals surface area contributed by atoms with Crippen LogP contribution in [0.5, 0.6) is 5.75 Å². The molecule has 0 radical (unpaired) electrons. The highest BCUT2D eigenvalue weighted by molar-refractivity contribution is 5.86. The average molecular weight is 338 g/mol. The molecule has 3 heterocycles. The largest absolute Gasteiger partial charge is 0.484 e. The third-order valence-electron chi connectivity index (χ3n) is 4.26. The minimum Gasteiger partial charge on any atom is -0.484 e. The van der Waals surface area contributed by atoms with Crippen LogP contribution < -0.4 is 9.64 Å². The van der Waals surface area contributed by atoms with Gasteiger partial charge in [-0.25, -0.2) is 9.97 Å². The first-order valence-corrected chi connectivity index (χ1v) is 8.16. The normalized spacial score (nSPS) is 14.7. The van der Waals surface area contributed by atoms with Gasteiger partial charge in [0.1, 0.15) is 17.9 Å². The predicted molar refractivity (Wildman–Crippen MR) is 92.4 cm³/mol. The van der Waals surface area contributed by atoms with Crippen molar-refractivity contribution >= 4 is 22.8 Å². The van der Waals surface area contributed by atoms with Crippen molar-refractivity contribution in [2.75, 3.05) is 37.7 Å². The SMILES string of the molecule is O=C(COc1ccccc1)N1CCN(c2ncnc3[nH]ncc23)CC1. The number of fused-ring (bicyclic) bond motifs is 1. The highest BCUT2D eigenvalue weighted by Crippen LogP contribution is 2.22. The number of H-pyrrole nitrogens is 1. The zero-order valence-electron chi connectivity index (χ0n) is 13.6. The van der Waals surface area contributed by atoms with E-state index in [1.54, 1.807) is 6.20 Å². The second-order valence-corrected chi connectivity index (χ2v) is 5.80. The first-order chi connectivity index (χ1) is 12.3. The standard InChI is InChI=1S/C17H18N6O2/c24-15(11-25-13-4-2-1-3-5-13)22-6-8-23(9-7-22)17-14-10-20-21-16(14)18-12-19-17/h1-5,10,12H,6-9,11H2,(H,18,19,20,21). The van der Waals surface area contributed by atoms with Crippen LogP contribution in [0.15, 0.2) is 42.9 Å². The monoisotopic (exact) mass is 338 g/mol. The summed E-state index contributed by atoms with van der Waals surface area (Å²) >= 11 is 0. The lowest BCUT2D eigenvalue weighted by Crippen LogP contribution is -2.50. The third-order valence-corrected chi connectivity index (χ3v) is 4.26. The van der Waals surface area contributed by atoms with E-state index in [0.717, 1.165) is 16.9 Å². The summed E-state index contributed by atoms with van der Waals surface area (Å²) < 4.78 is 5.54. The van der Waals surface area contributed by atoms with Crippen molar-refractivity contribution < 1.29 is 9.53 Å². The average Bonchev–Trinajstić information content (AvgIpc) is 3.16. The van der Waals surface area contributed by atoms with Crippen LogP contribution in [0.1, 0.15) is 0 Å². The van der Waals surface area contributed by atoms with Gasteiger partial charge in [0.05, 0.1) is 11.6 Å². The fraction of sp³-hybridized carbons (Fsp3) is 0.294. The van der Waals surface area contributed by atoms with Gasteiger partial charge >= 0.3 is 0 Å². The molecule has 0 bridgehead atoms. The highest BCUT2D eigenvalue weighted by Gasteiger charge is 2.23. The molecule has 1 saturated heterocycles. The van der Waals surface area contributed by atoms with Gasteiger partial charge in [-0.1, -0.05) is 18.2 Å². The van der Waals surface area contributed by atoms with Gasteiger partial charge in [-0.05, 0) is 12.1 Å². The molecule has 1 aliphatic heterocycles. The molecule has 128 valence electrons. The molecule has 0 aliphatic carbocycles. The van der Waals surface area contributed by atoms with Gasteiger partial charge in [-0.2, -0.15) is 5.10 Å². The Hall–Kier alpha value is -3.16. The number of hydrogen-bond acceptors (Lipinski definition) is 6. The molecule has 3 aromatic rings. The van der Waals surface area contributed by atoms with E-state index in [4.69, 9.17) is 4.74 Å². The second kappa shape index (κ2) is 6.76.